The van der Waals surface area contributed by atoms with Crippen LogP contribution in [0.5, 0.6) is 17.4 Å². The molecule has 2 aromatic rings. The lowest BCUT2D eigenvalue weighted by atomic mass is 10.2. The first kappa shape index (κ1) is 17.0. The Morgan fingerprint density at radius 1 is 1.24 bits per heavy atom. The molecule has 1 aliphatic heterocycles. The van der Waals surface area contributed by atoms with Crippen LogP contribution in [0.3, 0.4) is 0 Å². The second-order valence-corrected chi connectivity index (χ2v) is 5.64. The van der Waals surface area contributed by atoms with Crippen molar-refractivity contribution in [2.24, 2.45) is 5.16 Å². The van der Waals surface area contributed by atoms with Gasteiger partial charge >= 0.3 is 0 Å². The van der Waals surface area contributed by atoms with Gasteiger partial charge in [0.05, 0.1) is 25.9 Å². The van der Waals surface area contributed by atoms with Crippen molar-refractivity contribution in [3.63, 3.8) is 0 Å². The lowest BCUT2D eigenvalue weighted by Crippen LogP contribution is -2.41. The fraction of sp³-hybridized carbons (Fsp3) is 0.333. The summed E-state index contributed by atoms with van der Waals surface area (Å²) >= 11 is 0. The third kappa shape index (κ3) is 3.83. The summed E-state index contributed by atoms with van der Waals surface area (Å²) in [6.07, 6.45) is 1.63. The van der Waals surface area contributed by atoms with E-state index in [1.807, 2.05) is 36.1 Å². The van der Waals surface area contributed by atoms with Gasteiger partial charge in [-0.1, -0.05) is 11.2 Å². The van der Waals surface area contributed by atoms with E-state index in [0.29, 0.717) is 55.1 Å². The van der Waals surface area contributed by atoms with E-state index in [2.05, 4.69) is 10.1 Å². The number of morpholine rings is 1. The van der Waals surface area contributed by atoms with E-state index >= 15 is 0 Å². The molecule has 1 fully saturated rings. The van der Waals surface area contributed by atoms with Crippen LogP contribution in [0.15, 0.2) is 41.7 Å². The molecule has 132 valence electrons. The Balaban J connectivity index is 1.93. The number of oxime groups is 1. The van der Waals surface area contributed by atoms with Gasteiger partial charge in [0.25, 0.3) is 0 Å². The first-order valence-electron chi connectivity index (χ1n) is 8.05. The van der Waals surface area contributed by atoms with E-state index in [4.69, 9.17) is 14.2 Å². The summed E-state index contributed by atoms with van der Waals surface area (Å²) in [5.74, 6) is 1.93. The van der Waals surface area contributed by atoms with Crippen molar-refractivity contribution in [1.29, 1.82) is 0 Å². The zero-order valence-electron chi connectivity index (χ0n) is 14.3. The topological polar surface area (TPSA) is 76.4 Å². The van der Waals surface area contributed by atoms with Gasteiger partial charge in [-0.15, -0.1) is 0 Å². The predicted octanol–water partition coefficient (Wildman–Crippen LogP) is 2.66. The maximum Gasteiger partial charge on any atom is 0.230 e. The van der Waals surface area contributed by atoms with Crippen LogP contribution in [0.4, 0.5) is 0 Å². The molecule has 0 bridgehead atoms. The number of benzene rings is 1. The largest absolute Gasteiger partial charge is 0.493 e. The standard InChI is InChI=1S/C18H21N3O4/c1-13-5-6-15(16(12-13)23-2)25-18-14(4-3-7-19-18)17(20-22)21-8-10-24-11-9-21/h3-7,12,22H,8-11H2,1-2H3/b20-17-. The summed E-state index contributed by atoms with van der Waals surface area (Å²) in [5, 5.41) is 13.0. The van der Waals surface area contributed by atoms with E-state index < -0.39 is 0 Å². The molecule has 0 saturated carbocycles. The average molecular weight is 343 g/mol. The van der Waals surface area contributed by atoms with Gasteiger partial charge in [0.1, 0.15) is 0 Å². The van der Waals surface area contributed by atoms with Crippen molar-refractivity contribution in [2.45, 2.75) is 6.92 Å². The number of rotatable bonds is 4. The van der Waals surface area contributed by atoms with Gasteiger partial charge in [-0.2, -0.15) is 0 Å². The number of hydrogen-bond donors (Lipinski definition) is 1. The van der Waals surface area contributed by atoms with Crippen molar-refractivity contribution >= 4 is 5.84 Å². The van der Waals surface area contributed by atoms with Crippen LogP contribution in [-0.4, -0.2) is 54.3 Å². The Hall–Kier alpha value is -2.80. The zero-order chi connectivity index (χ0) is 17.6. The second kappa shape index (κ2) is 7.85. The summed E-state index contributed by atoms with van der Waals surface area (Å²) < 4.78 is 16.7. The first-order chi connectivity index (χ1) is 12.2. The number of aromatic nitrogens is 1. The van der Waals surface area contributed by atoms with Gasteiger partial charge in [0.2, 0.25) is 5.88 Å². The summed E-state index contributed by atoms with van der Waals surface area (Å²) in [5.41, 5.74) is 1.67. The van der Waals surface area contributed by atoms with Crippen molar-refractivity contribution < 1.29 is 19.4 Å². The number of methoxy groups -OCH3 is 1. The minimum Gasteiger partial charge on any atom is -0.493 e. The SMILES string of the molecule is COc1cc(C)ccc1Oc1ncccc1/C(=N/O)N1CCOCC1. The minimum absolute atomic E-state index is 0.351. The number of aryl methyl sites for hydroxylation is 1. The average Bonchev–Trinajstić information content (AvgIpc) is 2.66. The third-order valence-corrected chi connectivity index (χ3v) is 3.94. The van der Waals surface area contributed by atoms with Crippen molar-refractivity contribution in [1.82, 2.24) is 9.88 Å². The maximum absolute atomic E-state index is 9.56. The van der Waals surface area contributed by atoms with Crippen LogP contribution in [-0.2, 0) is 4.74 Å². The molecule has 0 unspecified atom stereocenters. The molecule has 2 heterocycles. The van der Waals surface area contributed by atoms with Crippen LogP contribution in [0.2, 0.25) is 0 Å². The van der Waals surface area contributed by atoms with Crippen LogP contribution in [0.25, 0.3) is 0 Å². The molecule has 0 aliphatic carbocycles. The zero-order valence-corrected chi connectivity index (χ0v) is 14.3. The molecule has 1 aliphatic rings. The molecule has 1 N–H and O–H groups in total. The monoisotopic (exact) mass is 343 g/mol. The highest BCUT2D eigenvalue weighted by Gasteiger charge is 2.22. The van der Waals surface area contributed by atoms with E-state index in [0.717, 1.165) is 5.56 Å². The molecule has 3 rings (SSSR count). The third-order valence-electron chi connectivity index (χ3n) is 3.94. The van der Waals surface area contributed by atoms with Crippen LogP contribution in [0.1, 0.15) is 11.1 Å². The molecule has 1 aromatic carbocycles. The number of ether oxygens (including phenoxy) is 3. The van der Waals surface area contributed by atoms with Crippen molar-refractivity contribution in [3.8, 4) is 17.4 Å². The Bertz CT molecular complexity index is 758. The highest BCUT2D eigenvalue weighted by atomic mass is 16.5. The smallest absolute Gasteiger partial charge is 0.230 e. The molecule has 0 atom stereocenters. The number of amidine groups is 1. The lowest BCUT2D eigenvalue weighted by molar-refractivity contribution is 0.0667. The Kier molecular flexibility index (Phi) is 5.35. The van der Waals surface area contributed by atoms with E-state index in [-0.39, 0.29) is 0 Å². The summed E-state index contributed by atoms with van der Waals surface area (Å²) in [6, 6.07) is 9.25. The van der Waals surface area contributed by atoms with Crippen molar-refractivity contribution in [2.75, 3.05) is 33.4 Å². The lowest BCUT2D eigenvalue weighted by Gasteiger charge is -2.29. The van der Waals surface area contributed by atoms with Gasteiger partial charge in [-0.05, 0) is 36.8 Å². The first-order valence-corrected chi connectivity index (χ1v) is 8.05. The van der Waals surface area contributed by atoms with Gasteiger partial charge in [-0.3, -0.25) is 0 Å². The normalized spacial score (nSPS) is 15.1. The highest BCUT2D eigenvalue weighted by molar-refractivity contribution is 6.00. The molecular weight excluding hydrogens is 322 g/mol. The maximum atomic E-state index is 9.56. The van der Waals surface area contributed by atoms with Crippen LogP contribution >= 0.6 is 0 Å². The van der Waals surface area contributed by atoms with E-state index in [1.54, 1.807) is 19.4 Å². The van der Waals surface area contributed by atoms with Gasteiger partial charge in [0, 0.05) is 19.3 Å². The molecule has 0 radical (unpaired) electrons. The Morgan fingerprint density at radius 2 is 2.04 bits per heavy atom. The van der Waals surface area contributed by atoms with Crippen LogP contribution < -0.4 is 9.47 Å². The predicted molar refractivity (Wildman–Crippen MR) is 92.8 cm³/mol. The molecular formula is C18H21N3O4. The van der Waals surface area contributed by atoms with E-state index in [1.165, 1.54) is 0 Å². The highest BCUT2D eigenvalue weighted by Crippen LogP contribution is 2.33. The molecule has 1 aromatic heterocycles. The summed E-state index contributed by atoms with van der Waals surface area (Å²) in [4.78, 5) is 6.25. The summed E-state index contributed by atoms with van der Waals surface area (Å²) in [6.45, 7) is 4.43. The van der Waals surface area contributed by atoms with Crippen LogP contribution in [0, 0.1) is 6.92 Å². The molecule has 0 amide bonds. The Labute approximate surface area is 146 Å². The van der Waals surface area contributed by atoms with Gasteiger partial charge in [0.15, 0.2) is 17.3 Å². The second-order valence-electron chi connectivity index (χ2n) is 5.64. The minimum atomic E-state index is 0.351. The molecule has 7 heteroatoms. The Morgan fingerprint density at radius 3 is 2.76 bits per heavy atom. The molecule has 7 nitrogen and oxygen atoms in total. The number of nitrogens with zero attached hydrogens (tertiary/aromatic N) is 3. The van der Waals surface area contributed by atoms with E-state index in [9.17, 15) is 5.21 Å². The molecule has 0 spiro atoms. The number of pyridine rings is 1. The summed E-state index contributed by atoms with van der Waals surface area (Å²) in [7, 11) is 1.59. The molecule has 25 heavy (non-hydrogen) atoms. The fourth-order valence-electron chi connectivity index (χ4n) is 2.67. The fourth-order valence-corrected chi connectivity index (χ4v) is 2.67. The molecule has 1 saturated heterocycles. The van der Waals surface area contributed by atoms with Gasteiger partial charge in [-0.25, -0.2) is 4.98 Å². The number of hydrogen-bond acceptors (Lipinski definition) is 6. The van der Waals surface area contributed by atoms with Gasteiger partial charge < -0.3 is 24.3 Å². The van der Waals surface area contributed by atoms with Crippen molar-refractivity contribution in [3.05, 3.63) is 47.7 Å². The quantitative estimate of drug-likeness (QED) is 0.398.